The van der Waals surface area contributed by atoms with Gasteiger partial charge >= 0.3 is 6.09 Å². The van der Waals surface area contributed by atoms with Gasteiger partial charge in [0.05, 0.1) is 17.3 Å². The van der Waals surface area contributed by atoms with E-state index in [1.807, 2.05) is 92.0 Å². The number of aromatic nitrogens is 1. The van der Waals surface area contributed by atoms with Gasteiger partial charge in [-0.15, -0.1) is 0 Å². The maximum atomic E-state index is 13.2. The van der Waals surface area contributed by atoms with Crippen LogP contribution in [0.15, 0.2) is 108 Å². The number of anilines is 2. The molecule has 2 aliphatic rings. The third-order valence-electron chi connectivity index (χ3n) is 14.4. The summed E-state index contributed by atoms with van der Waals surface area (Å²) in [5.41, 5.74) is 5.60. The third kappa shape index (κ3) is 12.6. The van der Waals surface area contributed by atoms with E-state index in [4.69, 9.17) is 9.16 Å². The highest BCUT2D eigenvalue weighted by molar-refractivity contribution is 6.74. The number of unbranched alkanes of at least 4 members (excludes halogenated alkanes) is 1. The number of rotatable bonds is 19. The molecular weight excluding hydrogens is 873 g/mol. The first kappa shape index (κ1) is 50.1. The van der Waals surface area contributed by atoms with E-state index in [0.29, 0.717) is 62.8 Å². The number of phenolic OH excluding ortho intramolecular Hbond substituents is 1. The van der Waals surface area contributed by atoms with Gasteiger partial charge in [0.1, 0.15) is 11.9 Å². The van der Waals surface area contributed by atoms with Crippen LogP contribution in [0.4, 0.5) is 16.2 Å². The minimum Gasteiger partial charge on any atom is -0.506 e. The molecule has 3 amide bonds. The van der Waals surface area contributed by atoms with E-state index in [-0.39, 0.29) is 40.4 Å². The van der Waals surface area contributed by atoms with Crippen molar-refractivity contribution in [2.45, 2.75) is 96.2 Å². The van der Waals surface area contributed by atoms with Crippen molar-refractivity contribution in [3.05, 3.63) is 125 Å². The number of aromatic hydroxyl groups is 1. The van der Waals surface area contributed by atoms with Gasteiger partial charge < -0.3 is 39.3 Å². The molecule has 0 spiro atoms. The molecule has 1 aliphatic carbocycles. The van der Waals surface area contributed by atoms with E-state index in [1.54, 1.807) is 29.0 Å². The van der Waals surface area contributed by atoms with Gasteiger partial charge in [-0.3, -0.25) is 19.7 Å². The number of H-pyrrole nitrogens is 1. The Morgan fingerprint density at radius 1 is 0.853 bits per heavy atom. The summed E-state index contributed by atoms with van der Waals surface area (Å²) in [6.45, 7) is 15.3. The van der Waals surface area contributed by atoms with Crippen LogP contribution in [0.25, 0.3) is 22.0 Å². The van der Waals surface area contributed by atoms with Crippen molar-refractivity contribution in [1.29, 1.82) is 0 Å². The van der Waals surface area contributed by atoms with E-state index in [2.05, 4.69) is 54.4 Å². The van der Waals surface area contributed by atoms with E-state index < -0.39 is 14.4 Å². The Bertz CT molecular complexity index is 2570. The Morgan fingerprint density at radius 2 is 1.54 bits per heavy atom. The number of carbonyl (C=O) groups excluding carboxylic acids is 3. The fraction of sp³-hybridized carbons (Fsp3) is 0.444. The Balaban J connectivity index is 0.791. The molecule has 1 saturated heterocycles. The number of nitrogens with one attached hydrogen (secondary N) is 3. The molecule has 2 unspecified atom stereocenters. The summed E-state index contributed by atoms with van der Waals surface area (Å²) in [5, 5.41) is 17.8. The first-order valence-electron chi connectivity index (χ1n) is 24.1. The van der Waals surface area contributed by atoms with E-state index >= 15 is 0 Å². The smallest absolute Gasteiger partial charge is 0.411 e. The van der Waals surface area contributed by atoms with Crippen LogP contribution in [0.3, 0.4) is 0 Å². The Kier molecular flexibility index (Phi) is 16.3. The van der Waals surface area contributed by atoms with Crippen LogP contribution in [0.5, 0.6) is 5.75 Å². The van der Waals surface area contributed by atoms with Crippen LogP contribution in [0.2, 0.25) is 18.1 Å². The number of pyridine rings is 1. The molecule has 4 aromatic carbocycles. The minimum atomic E-state index is -2.22. The summed E-state index contributed by atoms with van der Waals surface area (Å²) >= 11 is 0. The summed E-state index contributed by atoms with van der Waals surface area (Å²) in [4.78, 5) is 60.0. The highest BCUT2D eigenvalue weighted by Crippen LogP contribution is 2.42. The molecule has 1 aromatic heterocycles. The van der Waals surface area contributed by atoms with Gasteiger partial charge in [-0.05, 0) is 103 Å². The van der Waals surface area contributed by atoms with Crippen LogP contribution in [-0.4, -0.2) is 99.0 Å². The third-order valence-corrected chi connectivity index (χ3v) is 18.8. The standard InChI is InChI=1S/C54H70N6O7Si/c1-54(2,3)68(6,7)67-48(44-24-26-47(61)52-45(44)25-27-49(62)57-52)34-55-33-37-20-22-41(23-21-37)59(5)51(64)19-13-14-29-58(4)50(63)28-30-60-35-39-31-42(32-40(39)36-60)66-53(65)56-46-18-12-11-17-43(46)38-15-9-8-10-16-38/h8-12,15-18,20-27,39-40,42,48,55,61H,13-14,19,28-36H2,1-7H3,(H,56,65)(H,57,62)/t39?,40?,42?,48-/m0/s1. The number of hydrogen-bond donors (Lipinski definition) is 4. The van der Waals surface area contributed by atoms with Crippen LogP contribution in [-0.2, 0) is 25.3 Å². The largest absolute Gasteiger partial charge is 0.506 e. The van der Waals surface area contributed by atoms with Crippen LogP contribution >= 0.6 is 0 Å². The second-order valence-electron chi connectivity index (χ2n) is 20.2. The topological polar surface area (TPSA) is 157 Å². The molecule has 1 aliphatic heterocycles. The van der Waals surface area contributed by atoms with Gasteiger partial charge in [-0.1, -0.05) is 87.5 Å². The summed E-state index contributed by atoms with van der Waals surface area (Å²) in [6, 6.07) is 32.4. The van der Waals surface area contributed by atoms with Gasteiger partial charge in [0.2, 0.25) is 17.4 Å². The molecule has 2 heterocycles. The lowest BCUT2D eigenvalue weighted by molar-refractivity contribution is -0.130. The molecule has 5 aromatic rings. The lowest BCUT2D eigenvalue weighted by Crippen LogP contribution is -2.43. The molecular formula is C54H70N6O7Si. The number of phenols is 1. The van der Waals surface area contributed by atoms with Gasteiger partial charge in [0.25, 0.3) is 0 Å². The SMILES string of the molecule is CN(CCCCC(=O)N(C)c1ccc(CNC[C@H](O[Si](C)(C)C(C)(C)C)c2ccc(O)c3[nH]c(=O)ccc23)cc1)C(=O)CCN1CC2CC(OC(=O)Nc3ccccc3-c3ccccc3)CC2C1. The van der Waals surface area contributed by atoms with E-state index in [1.165, 1.54) is 6.07 Å². The average Bonchev–Trinajstić information content (AvgIpc) is 3.87. The molecule has 68 heavy (non-hydrogen) atoms. The van der Waals surface area contributed by atoms with E-state index in [9.17, 15) is 24.3 Å². The maximum absolute atomic E-state index is 13.2. The summed E-state index contributed by atoms with van der Waals surface area (Å²) in [7, 11) is 1.42. The Morgan fingerprint density at radius 3 is 2.25 bits per heavy atom. The Labute approximate surface area is 402 Å². The molecule has 362 valence electrons. The van der Waals surface area contributed by atoms with Gasteiger partial charge in [-0.25, -0.2) is 4.79 Å². The molecule has 1 saturated carbocycles. The number of amides is 3. The lowest BCUT2D eigenvalue weighted by atomic mass is 10.0. The molecule has 0 bridgehead atoms. The number of para-hydroxylation sites is 1. The van der Waals surface area contributed by atoms with Gasteiger partial charge in [0, 0.05) is 88.9 Å². The lowest BCUT2D eigenvalue weighted by Gasteiger charge is -2.39. The number of hydrogen-bond acceptors (Lipinski definition) is 9. The number of nitrogens with zero attached hydrogens (tertiary/aromatic N) is 3. The van der Waals surface area contributed by atoms with Crippen molar-refractivity contribution in [3.8, 4) is 16.9 Å². The minimum absolute atomic E-state index is 0.0191. The van der Waals surface area contributed by atoms with Crippen molar-refractivity contribution in [1.82, 2.24) is 20.1 Å². The maximum Gasteiger partial charge on any atom is 0.411 e. The van der Waals surface area contributed by atoms with Crippen molar-refractivity contribution in [2.75, 3.05) is 57.0 Å². The van der Waals surface area contributed by atoms with Crippen molar-refractivity contribution in [3.63, 3.8) is 0 Å². The highest BCUT2D eigenvalue weighted by atomic mass is 28.4. The van der Waals surface area contributed by atoms with Gasteiger partial charge in [0.15, 0.2) is 8.32 Å². The van der Waals surface area contributed by atoms with Gasteiger partial charge in [-0.2, -0.15) is 0 Å². The summed E-state index contributed by atoms with van der Waals surface area (Å²) in [6.07, 6.45) is 3.09. The molecule has 13 nitrogen and oxygen atoms in total. The first-order chi connectivity index (χ1) is 32.5. The number of benzene rings is 4. The fourth-order valence-corrected chi connectivity index (χ4v) is 10.6. The zero-order valence-corrected chi connectivity index (χ0v) is 41.8. The molecule has 4 N–H and O–H groups in total. The zero-order valence-electron chi connectivity index (χ0n) is 40.8. The predicted octanol–water partition coefficient (Wildman–Crippen LogP) is 9.69. The number of carbonyl (C=O) groups is 3. The van der Waals surface area contributed by atoms with E-state index in [0.717, 1.165) is 71.4 Å². The second-order valence-corrected chi connectivity index (χ2v) is 25.0. The molecule has 14 heteroatoms. The normalized spacial score (nSPS) is 17.7. The number of aromatic amines is 1. The first-order valence-corrected chi connectivity index (χ1v) is 27.0. The number of fused-ring (bicyclic) bond motifs is 2. The predicted molar refractivity (Wildman–Crippen MR) is 273 cm³/mol. The molecule has 7 rings (SSSR count). The highest BCUT2D eigenvalue weighted by Gasteiger charge is 2.43. The average molecular weight is 943 g/mol. The van der Waals surface area contributed by atoms with Crippen LogP contribution in [0.1, 0.15) is 76.5 Å². The zero-order chi connectivity index (χ0) is 48.6. The van der Waals surface area contributed by atoms with Crippen molar-refractivity contribution < 1.29 is 28.7 Å². The molecule has 3 atom stereocenters. The number of likely N-dealkylation sites (tertiary alicyclic amines) is 1. The van der Waals surface area contributed by atoms with Crippen molar-refractivity contribution in [2.24, 2.45) is 11.8 Å². The van der Waals surface area contributed by atoms with Crippen LogP contribution in [0, 0.1) is 11.8 Å². The number of ether oxygens (including phenoxy) is 1. The monoisotopic (exact) mass is 943 g/mol. The van der Waals surface area contributed by atoms with Crippen LogP contribution < -0.4 is 21.1 Å². The summed E-state index contributed by atoms with van der Waals surface area (Å²) < 4.78 is 12.8. The summed E-state index contributed by atoms with van der Waals surface area (Å²) in [5.74, 6) is 1.06. The molecule has 2 fully saturated rings. The second kappa shape index (κ2) is 22.1. The molecule has 0 radical (unpaired) electrons. The fourth-order valence-electron chi connectivity index (χ4n) is 9.35. The quantitative estimate of drug-likeness (QED) is 0.0468. The Hall–Kier alpha value is -5.80. The van der Waals surface area contributed by atoms with Crippen molar-refractivity contribution >= 4 is 48.5 Å².